The Hall–Kier alpha value is -3.74. The van der Waals surface area contributed by atoms with Gasteiger partial charge in [-0.1, -0.05) is 18.2 Å². The molecule has 146 valence electrons. The monoisotopic (exact) mass is 387 g/mol. The molecule has 0 radical (unpaired) electrons. The maximum absolute atomic E-state index is 5.46. The highest BCUT2D eigenvalue weighted by molar-refractivity contribution is 5.79. The molecule has 0 bridgehead atoms. The largest absolute Gasteiger partial charge is 0.454 e. The van der Waals surface area contributed by atoms with Crippen LogP contribution in [0.15, 0.2) is 60.9 Å². The average Bonchev–Trinajstić information content (AvgIpc) is 3.39. The summed E-state index contributed by atoms with van der Waals surface area (Å²) in [5.41, 5.74) is 5.15. The van der Waals surface area contributed by atoms with Gasteiger partial charge in [0, 0.05) is 38.1 Å². The molecule has 0 aliphatic carbocycles. The van der Waals surface area contributed by atoms with Gasteiger partial charge in [0.1, 0.15) is 5.82 Å². The summed E-state index contributed by atoms with van der Waals surface area (Å²) in [6, 6.07) is 16.2. The van der Waals surface area contributed by atoms with Gasteiger partial charge in [-0.25, -0.2) is 4.98 Å². The molecule has 2 aromatic carbocycles. The van der Waals surface area contributed by atoms with Gasteiger partial charge < -0.3 is 19.7 Å². The summed E-state index contributed by atoms with van der Waals surface area (Å²) in [6.45, 7) is 0.920. The molecule has 1 aliphatic heterocycles. The summed E-state index contributed by atoms with van der Waals surface area (Å²) in [6.07, 6.45) is 3.67. The van der Waals surface area contributed by atoms with Crippen LogP contribution in [0.5, 0.6) is 11.5 Å². The lowest BCUT2D eigenvalue weighted by Gasteiger charge is -2.13. The van der Waals surface area contributed by atoms with E-state index < -0.39 is 0 Å². The summed E-state index contributed by atoms with van der Waals surface area (Å²) < 4.78 is 12.7. The quantitative estimate of drug-likeness (QED) is 0.562. The molecule has 0 saturated carbocycles. The fourth-order valence-electron chi connectivity index (χ4n) is 3.42. The van der Waals surface area contributed by atoms with Crippen LogP contribution in [-0.2, 0) is 6.54 Å². The van der Waals surface area contributed by atoms with Crippen molar-refractivity contribution in [3.05, 3.63) is 66.5 Å². The molecule has 0 unspecified atom stereocenters. The van der Waals surface area contributed by atoms with E-state index in [4.69, 9.17) is 9.47 Å². The lowest BCUT2D eigenvalue weighted by Crippen LogP contribution is -2.08. The first-order chi connectivity index (χ1) is 14.2. The molecule has 0 saturated heterocycles. The normalized spacial score (nSPS) is 12.3. The molecule has 29 heavy (non-hydrogen) atoms. The molecular formula is C22H21N5O2. The highest BCUT2D eigenvalue weighted by Gasteiger charge is 2.14. The topological polar surface area (TPSA) is 63.9 Å². The Morgan fingerprint density at radius 3 is 2.86 bits per heavy atom. The van der Waals surface area contributed by atoms with Gasteiger partial charge >= 0.3 is 0 Å². The van der Waals surface area contributed by atoms with E-state index in [2.05, 4.69) is 44.6 Å². The van der Waals surface area contributed by atoms with Crippen LogP contribution in [0.3, 0.4) is 0 Å². The Bertz CT molecular complexity index is 1190. The zero-order valence-corrected chi connectivity index (χ0v) is 16.3. The van der Waals surface area contributed by atoms with E-state index in [1.165, 1.54) is 0 Å². The van der Waals surface area contributed by atoms with E-state index in [0.29, 0.717) is 6.54 Å². The maximum Gasteiger partial charge on any atom is 0.231 e. The molecule has 1 N–H and O–H groups in total. The van der Waals surface area contributed by atoms with Gasteiger partial charge in [-0.05, 0) is 41.5 Å². The fraction of sp³-hybridized carbons (Fsp3) is 0.182. The number of fused-ring (bicyclic) bond motifs is 2. The molecular weight excluding hydrogens is 366 g/mol. The van der Waals surface area contributed by atoms with Crippen LogP contribution in [0.1, 0.15) is 5.56 Å². The fourth-order valence-corrected chi connectivity index (χ4v) is 3.42. The molecule has 0 fully saturated rings. The number of hydrogen-bond donors (Lipinski definition) is 1. The van der Waals surface area contributed by atoms with E-state index in [0.717, 1.165) is 45.3 Å². The van der Waals surface area contributed by atoms with E-state index in [1.54, 1.807) is 6.20 Å². The van der Waals surface area contributed by atoms with Gasteiger partial charge in [0.05, 0.1) is 6.20 Å². The highest BCUT2D eigenvalue weighted by atomic mass is 16.7. The SMILES string of the molecule is CN(C)c1cccc(-c2cnn3c(NCc4ccc5c(c4)OCO5)ccnc23)c1. The molecule has 7 nitrogen and oxygen atoms in total. The van der Waals surface area contributed by atoms with Crippen LogP contribution in [0.4, 0.5) is 11.5 Å². The third-order valence-electron chi connectivity index (χ3n) is 4.99. The smallest absolute Gasteiger partial charge is 0.231 e. The Morgan fingerprint density at radius 1 is 1.07 bits per heavy atom. The van der Waals surface area contributed by atoms with Crippen molar-refractivity contribution >= 4 is 17.2 Å². The number of benzene rings is 2. The van der Waals surface area contributed by atoms with Gasteiger partial charge in [-0.2, -0.15) is 9.61 Å². The number of ether oxygens (including phenoxy) is 2. The molecule has 5 rings (SSSR count). The summed E-state index contributed by atoms with van der Waals surface area (Å²) in [4.78, 5) is 6.65. The first kappa shape index (κ1) is 17.4. The number of anilines is 2. The summed E-state index contributed by atoms with van der Waals surface area (Å²) >= 11 is 0. The van der Waals surface area contributed by atoms with Crippen LogP contribution in [-0.4, -0.2) is 35.5 Å². The summed E-state index contributed by atoms with van der Waals surface area (Å²) in [5.74, 6) is 2.45. The molecule has 0 amide bonds. The predicted molar refractivity (Wildman–Crippen MR) is 113 cm³/mol. The van der Waals surface area contributed by atoms with E-state index in [1.807, 2.05) is 49.1 Å². The third kappa shape index (κ3) is 3.20. The Labute approximate surface area is 168 Å². The van der Waals surface area contributed by atoms with Gasteiger partial charge in [0.15, 0.2) is 17.1 Å². The Morgan fingerprint density at radius 2 is 1.97 bits per heavy atom. The minimum Gasteiger partial charge on any atom is -0.454 e. The summed E-state index contributed by atoms with van der Waals surface area (Å²) in [5, 5.41) is 8.02. The Balaban J connectivity index is 1.43. The van der Waals surface area contributed by atoms with Crippen LogP contribution >= 0.6 is 0 Å². The maximum atomic E-state index is 5.46. The third-order valence-corrected chi connectivity index (χ3v) is 4.99. The lowest BCUT2D eigenvalue weighted by atomic mass is 10.1. The minimum absolute atomic E-state index is 0.280. The number of hydrogen-bond acceptors (Lipinski definition) is 6. The van der Waals surface area contributed by atoms with Crippen molar-refractivity contribution in [2.24, 2.45) is 0 Å². The predicted octanol–water partition coefficient (Wildman–Crippen LogP) is 3.80. The molecule has 0 atom stereocenters. The van der Waals surface area contributed by atoms with Crippen molar-refractivity contribution in [2.75, 3.05) is 31.1 Å². The average molecular weight is 387 g/mol. The second kappa shape index (κ2) is 7.01. The van der Waals surface area contributed by atoms with Crippen molar-refractivity contribution < 1.29 is 9.47 Å². The first-order valence-electron chi connectivity index (χ1n) is 9.42. The standard InChI is InChI=1S/C22H21N5O2/c1-26(2)17-5-3-4-16(11-17)18-13-25-27-21(8-9-23-22(18)27)24-12-15-6-7-19-20(10-15)29-14-28-19/h3-11,13,24H,12,14H2,1-2H3. The molecule has 2 aromatic heterocycles. The number of nitrogens with zero attached hydrogens (tertiary/aromatic N) is 4. The van der Waals surface area contributed by atoms with Gasteiger partial charge in [0.2, 0.25) is 6.79 Å². The zero-order chi connectivity index (χ0) is 19.8. The highest BCUT2D eigenvalue weighted by Crippen LogP contribution is 2.33. The Kier molecular flexibility index (Phi) is 4.20. The minimum atomic E-state index is 0.280. The summed E-state index contributed by atoms with van der Waals surface area (Å²) in [7, 11) is 4.07. The van der Waals surface area contributed by atoms with Crippen LogP contribution in [0, 0.1) is 0 Å². The van der Waals surface area contributed by atoms with E-state index >= 15 is 0 Å². The number of aromatic nitrogens is 3. The molecule has 3 heterocycles. The van der Waals surface area contributed by atoms with Crippen molar-refractivity contribution in [3.63, 3.8) is 0 Å². The number of rotatable bonds is 5. The lowest BCUT2D eigenvalue weighted by molar-refractivity contribution is 0.174. The van der Waals surface area contributed by atoms with Gasteiger partial charge in [0.25, 0.3) is 0 Å². The van der Waals surface area contributed by atoms with Crippen molar-refractivity contribution in [1.82, 2.24) is 14.6 Å². The van der Waals surface area contributed by atoms with Crippen LogP contribution < -0.4 is 19.7 Å². The molecule has 4 aromatic rings. The second-order valence-corrected chi connectivity index (χ2v) is 7.11. The van der Waals surface area contributed by atoms with E-state index in [9.17, 15) is 0 Å². The van der Waals surface area contributed by atoms with Gasteiger partial charge in [-0.15, -0.1) is 0 Å². The first-order valence-corrected chi connectivity index (χ1v) is 9.42. The zero-order valence-electron chi connectivity index (χ0n) is 16.3. The van der Waals surface area contributed by atoms with Crippen molar-refractivity contribution in [2.45, 2.75) is 6.54 Å². The molecule has 1 aliphatic rings. The van der Waals surface area contributed by atoms with E-state index in [-0.39, 0.29) is 6.79 Å². The van der Waals surface area contributed by atoms with Crippen LogP contribution in [0.2, 0.25) is 0 Å². The van der Waals surface area contributed by atoms with Gasteiger partial charge in [-0.3, -0.25) is 0 Å². The van der Waals surface area contributed by atoms with Crippen molar-refractivity contribution in [1.29, 1.82) is 0 Å². The second-order valence-electron chi connectivity index (χ2n) is 7.11. The molecule has 0 spiro atoms. The van der Waals surface area contributed by atoms with Crippen molar-refractivity contribution in [3.8, 4) is 22.6 Å². The van der Waals surface area contributed by atoms with Crippen LogP contribution in [0.25, 0.3) is 16.8 Å². The molecule has 7 heteroatoms. The number of nitrogens with one attached hydrogen (secondary N) is 1.